The number of rotatable bonds is 7. The first-order chi connectivity index (χ1) is 14.7. The molecule has 1 N–H and O–H groups in total. The number of hydrogen-bond donors (Lipinski definition) is 1. The van der Waals surface area contributed by atoms with Crippen molar-refractivity contribution in [3.05, 3.63) is 88.4 Å². The van der Waals surface area contributed by atoms with Gasteiger partial charge in [-0.1, -0.05) is 29.3 Å². The molecule has 0 atom stereocenters. The van der Waals surface area contributed by atoms with Gasteiger partial charge < -0.3 is 10.1 Å². The van der Waals surface area contributed by atoms with Gasteiger partial charge in [-0.15, -0.1) is 0 Å². The van der Waals surface area contributed by atoms with Gasteiger partial charge in [0.25, 0.3) is 5.91 Å². The topological polar surface area (TPSA) is 75.7 Å². The second kappa shape index (κ2) is 9.51. The number of carbonyl (C=O) groups is 1. The quantitative estimate of drug-likeness (QED) is 0.555. The van der Waals surface area contributed by atoms with E-state index in [1.54, 1.807) is 66.7 Å². The molecule has 3 rings (SSSR count). The zero-order chi connectivity index (χ0) is 22.6. The van der Waals surface area contributed by atoms with Gasteiger partial charge >= 0.3 is 0 Å². The van der Waals surface area contributed by atoms with Gasteiger partial charge in [0.1, 0.15) is 5.75 Å². The van der Waals surface area contributed by atoms with E-state index in [-0.39, 0.29) is 17.3 Å². The molecule has 0 saturated carbocycles. The van der Waals surface area contributed by atoms with E-state index in [0.717, 1.165) is 5.56 Å². The molecule has 0 spiro atoms. The van der Waals surface area contributed by atoms with Crippen LogP contribution in [-0.4, -0.2) is 32.8 Å². The summed E-state index contributed by atoms with van der Waals surface area (Å²) in [4.78, 5) is 12.9. The molecule has 31 heavy (non-hydrogen) atoms. The van der Waals surface area contributed by atoms with Gasteiger partial charge in [-0.2, -0.15) is 4.31 Å². The van der Waals surface area contributed by atoms with Gasteiger partial charge in [0.15, 0.2) is 0 Å². The van der Waals surface area contributed by atoms with Crippen LogP contribution in [0.25, 0.3) is 0 Å². The molecule has 0 aromatic heterocycles. The SMILES string of the molecule is COc1ccc(C(=O)Nc2ccc(Cl)cc2)cc1CN(C)S(=O)(=O)c1ccc(C)cc1. The Balaban J connectivity index is 1.83. The third-order valence-corrected chi connectivity index (χ3v) is 6.84. The van der Waals surface area contributed by atoms with E-state index in [1.165, 1.54) is 18.5 Å². The highest BCUT2D eigenvalue weighted by Crippen LogP contribution is 2.25. The van der Waals surface area contributed by atoms with Crippen molar-refractivity contribution in [3.63, 3.8) is 0 Å². The number of nitrogens with one attached hydrogen (secondary N) is 1. The summed E-state index contributed by atoms with van der Waals surface area (Å²) in [6.45, 7) is 1.94. The van der Waals surface area contributed by atoms with Crippen molar-refractivity contribution in [2.45, 2.75) is 18.4 Å². The number of carbonyl (C=O) groups excluding carboxylic acids is 1. The molecule has 6 nitrogen and oxygen atoms in total. The third-order valence-electron chi connectivity index (χ3n) is 4.77. The minimum Gasteiger partial charge on any atom is -0.496 e. The summed E-state index contributed by atoms with van der Waals surface area (Å²) in [5, 5.41) is 3.37. The molecule has 3 aromatic carbocycles. The largest absolute Gasteiger partial charge is 0.496 e. The van der Waals surface area contributed by atoms with E-state index < -0.39 is 10.0 Å². The average molecular weight is 459 g/mol. The maximum absolute atomic E-state index is 12.9. The summed E-state index contributed by atoms with van der Waals surface area (Å²) >= 11 is 5.88. The Morgan fingerprint density at radius 2 is 1.68 bits per heavy atom. The van der Waals surface area contributed by atoms with Gasteiger partial charge in [0.2, 0.25) is 10.0 Å². The van der Waals surface area contributed by atoms with Crippen LogP contribution >= 0.6 is 11.6 Å². The fourth-order valence-corrected chi connectivity index (χ4v) is 4.27. The van der Waals surface area contributed by atoms with Gasteiger partial charge in [0.05, 0.1) is 12.0 Å². The van der Waals surface area contributed by atoms with Crippen molar-refractivity contribution < 1.29 is 17.9 Å². The van der Waals surface area contributed by atoms with Gasteiger partial charge in [-0.3, -0.25) is 4.79 Å². The lowest BCUT2D eigenvalue weighted by Crippen LogP contribution is -2.27. The van der Waals surface area contributed by atoms with E-state index in [1.807, 2.05) is 6.92 Å². The predicted molar refractivity (Wildman–Crippen MR) is 122 cm³/mol. The first-order valence-electron chi connectivity index (χ1n) is 9.47. The molecule has 0 aliphatic heterocycles. The number of ether oxygens (including phenoxy) is 1. The number of amides is 1. The van der Waals surface area contributed by atoms with Gasteiger partial charge in [-0.05, 0) is 61.5 Å². The summed E-state index contributed by atoms with van der Waals surface area (Å²) in [5.74, 6) is 0.171. The molecule has 0 fully saturated rings. The molecule has 0 saturated heterocycles. The molecule has 1 amide bonds. The Labute approximate surface area is 187 Å². The first kappa shape index (κ1) is 22.8. The molecular weight excluding hydrogens is 436 g/mol. The number of halogens is 1. The van der Waals surface area contributed by atoms with Crippen molar-refractivity contribution in [2.24, 2.45) is 0 Å². The molecule has 0 unspecified atom stereocenters. The van der Waals surface area contributed by atoms with E-state index in [9.17, 15) is 13.2 Å². The van der Waals surface area contributed by atoms with Crippen LogP contribution in [0, 0.1) is 6.92 Å². The normalized spacial score (nSPS) is 11.4. The predicted octanol–water partition coefficient (Wildman–Crippen LogP) is 4.73. The number of sulfonamides is 1. The maximum Gasteiger partial charge on any atom is 0.255 e. The zero-order valence-corrected chi connectivity index (χ0v) is 19.0. The summed E-state index contributed by atoms with van der Waals surface area (Å²) in [5.41, 5.74) is 2.53. The Bertz CT molecular complexity index is 1180. The Morgan fingerprint density at radius 1 is 1.03 bits per heavy atom. The van der Waals surface area contributed by atoms with Crippen LogP contribution in [0.5, 0.6) is 5.75 Å². The molecular formula is C23H23ClN2O4S. The molecule has 8 heteroatoms. The lowest BCUT2D eigenvalue weighted by molar-refractivity contribution is 0.102. The van der Waals surface area contributed by atoms with Crippen molar-refractivity contribution in [3.8, 4) is 5.75 Å². The van der Waals surface area contributed by atoms with Gasteiger partial charge in [0, 0.05) is 35.4 Å². The van der Waals surface area contributed by atoms with Crippen LogP contribution in [0.3, 0.4) is 0 Å². The Hall–Kier alpha value is -2.87. The summed E-state index contributed by atoms with van der Waals surface area (Å²) < 4.78 is 32.5. The number of anilines is 1. The molecule has 0 bridgehead atoms. The average Bonchev–Trinajstić information content (AvgIpc) is 2.75. The standard InChI is InChI=1S/C23H23ClN2O4S/c1-16-4-11-21(12-5-16)31(28,29)26(2)15-18-14-17(6-13-22(18)30-3)23(27)25-20-9-7-19(24)8-10-20/h4-14H,15H2,1-3H3,(H,25,27). The minimum atomic E-state index is -3.70. The minimum absolute atomic E-state index is 0.0431. The fraction of sp³-hybridized carbons (Fsp3) is 0.174. The second-order valence-corrected chi connectivity index (χ2v) is 9.54. The fourth-order valence-electron chi connectivity index (χ4n) is 2.99. The van der Waals surface area contributed by atoms with Crippen LogP contribution in [0.2, 0.25) is 5.02 Å². The van der Waals surface area contributed by atoms with E-state index in [0.29, 0.717) is 27.6 Å². The number of methoxy groups -OCH3 is 1. The van der Waals surface area contributed by atoms with Crippen LogP contribution in [0.1, 0.15) is 21.5 Å². The molecule has 3 aromatic rings. The van der Waals surface area contributed by atoms with Crippen LogP contribution < -0.4 is 10.1 Å². The Kier molecular flexibility index (Phi) is 7.00. The van der Waals surface area contributed by atoms with Crippen molar-refractivity contribution in [1.29, 1.82) is 0 Å². The molecule has 0 aliphatic carbocycles. The molecule has 0 heterocycles. The Morgan fingerprint density at radius 3 is 2.29 bits per heavy atom. The number of hydrogen-bond acceptors (Lipinski definition) is 4. The van der Waals surface area contributed by atoms with E-state index in [2.05, 4.69) is 5.32 Å². The van der Waals surface area contributed by atoms with E-state index in [4.69, 9.17) is 16.3 Å². The number of aryl methyl sites for hydroxylation is 1. The molecule has 0 radical (unpaired) electrons. The maximum atomic E-state index is 12.9. The smallest absolute Gasteiger partial charge is 0.255 e. The van der Waals surface area contributed by atoms with Crippen molar-refractivity contribution >= 4 is 33.2 Å². The third kappa shape index (κ3) is 5.44. The molecule has 162 valence electrons. The van der Waals surface area contributed by atoms with Crippen LogP contribution in [0.4, 0.5) is 5.69 Å². The van der Waals surface area contributed by atoms with Gasteiger partial charge in [-0.25, -0.2) is 8.42 Å². The zero-order valence-electron chi connectivity index (χ0n) is 17.4. The van der Waals surface area contributed by atoms with Crippen LogP contribution in [-0.2, 0) is 16.6 Å². The summed E-state index contributed by atoms with van der Waals surface area (Å²) in [6, 6.07) is 18.3. The second-order valence-electron chi connectivity index (χ2n) is 7.06. The monoisotopic (exact) mass is 458 g/mol. The summed E-state index contributed by atoms with van der Waals surface area (Å²) in [6.07, 6.45) is 0. The lowest BCUT2D eigenvalue weighted by Gasteiger charge is -2.19. The highest BCUT2D eigenvalue weighted by Gasteiger charge is 2.22. The number of nitrogens with zero attached hydrogens (tertiary/aromatic N) is 1. The van der Waals surface area contributed by atoms with E-state index >= 15 is 0 Å². The summed E-state index contributed by atoms with van der Waals surface area (Å²) in [7, 11) is -0.704. The van der Waals surface area contributed by atoms with Crippen LogP contribution in [0.15, 0.2) is 71.6 Å². The highest BCUT2D eigenvalue weighted by molar-refractivity contribution is 7.89. The molecule has 0 aliphatic rings. The first-order valence-corrected chi connectivity index (χ1v) is 11.3. The van der Waals surface area contributed by atoms with Crippen molar-refractivity contribution in [1.82, 2.24) is 4.31 Å². The number of benzene rings is 3. The highest BCUT2D eigenvalue weighted by atomic mass is 35.5. The lowest BCUT2D eigenvalue weighted by atomic mass is 10.1. The van der Waals surface area contributed by atoms with Crippen molar-refractivity contribution in [2.75, 3.05) is 19.5 Å².